The summed E-state index contributed by atoms with van der Waals surface area (Å²) in [6.07, 6.45) is 0.822. The van der Waals surface area contributed by atoms with Gasteiger partial charge in [-0.15, -0.1) is 0 Å². The van der Waals surface area contributed by atoms with Gasteiger partial charge in [0.1, 0.15) is 0 Å². The molecule has 0 aliphatic rings. The van der Waals surface area contributed by atoms with Gasteiger partial charge in [-0.3, -0.25) is 0 Å². The molecule has 6 rings (SSSR count). The van der Waals surface area contributed by atoms with Crippen LogP contribution in [-0.2, 0) is 17.5 Å². The van der Waals surface area contributed by atoms with Crippen molar-refractivity contribution in [1.29, 1.82) is 0 Å². The molecule has 41 heavy (non-hydrogen) atoms. The van der Waals surface area contributed by atoms with Crippen LogP contribution in [0.2, 0.25) is 0 Å². The van der Waals surface area contributed by atoms with Crippen molar-refractivity contribution >= 4 is 0 Å². The molecule has 0 radical (unpaired) electrons. The Bertz CT molecular complexity index is 1470. The molecule has 2 heteroatoms. The van der Waals surface area contributed by atoms with Crippen molar-refractivity contribution in [2.75, 3.05) is 0 Å². The Balaban J connectivity index is 1.28. The summed E-state index contributed by atoms with van der Waals surface area (Å²) in [6.45, 7) is 0. The van der Waals surface area contributed by atoms with Crippen LogP contribution in [0.3, 0.4) is 0 Å². The molecule has 0 saturated heterocycles. The van der Waals surface area contributed by atoms with Gasteiger partial charge in [0.25, 0.3) is 0 Å². The fourth-order valence-electron chi connectivity index (χ4n) is 5.81. The molecular formula is C39H34N2. The van der Waals surface area contributed by atoms with Gasteiger partial charge in [0, 0.05) is 0 Å². The highest BCUT2D eigenvalue weighted by atomic mass is 14.8. The van der Waals surface area contributed by atoms with E-state index >= 15 is 0 Å². The second kappa shape index (κ2) is 11.4. The van der Waals surface area contributed by atoms with E-state index in [0.717, 1.165) is 39.8 Å². The molecule has 4 N–H and O–H groups in total. The van der Waals surface area contributed by atoms with E-state index in [9.17, 15) is 0 Å². The summed E-state index contributed by atoms with van der Waals surface area (Å²) < 4.78 is 0. The maximum atomic E-state index is 7.21. The van der Waals surface area contributed by atoms with E-state index in [0.29, 0.717) is 0 Å². The van der Waals surface area contributed by atoms with Gasteiger partial charge in [0.05, 0.1) is 11.1 Å². The molecule has 0 bridgehead atoms. The lowest BCUT2D eigenvalue weighted by atomic mass is 9.77. The predicted octanol–water partition coefficient (Wildman–Crippen LogP) is 7.78. The van der Waals surface area contributed by atoms with Crippen molar-refractivity contribution in [3.05, 3.63) is 214 Å². The van der Waals surface area contributed by atoms with Gasteiger partial charge < -0.3 is 11.5 Å². The molecule has 200 valence electrons. The lowest BCUT2D eigenvalue weighted by Crippen LogP contribution is -2.39. The molecule has 0 spiro atoms. The smallest absolute Gasteiger partial charge is 0.0922 e. The Kier molecular flexibility index (Phi) is 7.35. The Morgan fingerprint density at radius 1 is 0.293 bits per heavy atom. The first-order valence-electron chi connectivity index (χ1n) is 14.1. The predicted molar refractivity (Wildman–Crippen MR) is 170 cm³/mol. The van der Waals surface area contributed by atoms with Crippen molar-refractivity contribution in [3.8, 4) is 0 Å². The Labute approximate surface area is 242 Å². The molecule has 0 aliphatic carbocycles. The number of benzene rings is 6. The summed E-state index contributed by atoms with van der Waals surface area (Å²) >= 11 is 0. The van der Waals surface area contributed by atoms with Gasteiger partial charge in [-0.05, 0) is 50.9 Å². The third-order valence-electron chi connectivity index (χ3n) is 8.14. The second-order valence-electron chi connectivity index (χ2n) is 10.7. The van der Waals surface area contributed by atoms with E-state index in [1.165, 1.54) is 11.1 Å². The SMILES string of the molecule is NC(c1ccccc1)(c1ccccc1)c1ccc(Cc2ccc(C(N)(c3ccccc3)c3ccccc3)cc2)cc1. The second-order valence-corrected chi connectivity index (χ2v) is 10.7. The van der Waals surface area contributed by atoms with E-state index in [2.05, 4.69) is 97.1 Å². The molecule has 0 fully saturated rings. The minimum absolute atomic E-state index is 0.734. The maximum Gasteiger partial charge on any atom is 0.0922 e. The normalized spacial score (nSPS) is 11.8. The molecule has 0 aromatic heterocycles. The standard InChI is InChI=1S/C39H34N2/c40-38(32-13-5-1-6-14-32,33-15-7-2-8-16-33)36-25-21-30(22-26-36)29-31-23-27-37(28-24-31)39(41,34-17-9-3-10-18-34)35-19-11-4-12-20-35/h1-28H,29,40-41H2. The highest BCUT2D eigenvalue weighted by molar-refractivity contribution is 5.51. The van der Waals surface area contributed by atoms with E-state index in [1.807, 2.05) is 72.8 Å². The highest BCUT2D eigenvalue weighted by Gasteiger charge is 2.32. The van der Waals surface area contributed by atoms with Crippen LogP contribution in [0.25, 0.3) is 0 Å². The quantitative estimate of drug-likeness (QED) is 0.197. The van der Waals surface area contributed by atoms with Gasteiger partial charge >= 0.3 is 0 Å². The van der Waals surface area contributed by atoms with Crippen molar-refractivity contribution in [1.82, 2.24) is 0 Å². The molecule has 0 unspecified atom stereocenters. The van der Waals surface area contributed by atoms with E-state index in [4.69, 9.17) is 11.5 Å². The zero-order chi connectivity index (χ0) is 28.1. The zero-order valence-electron chi connectivity index (χ0n) is 23.0. The summed E-state index contributed by atoms with van der Waals surface area (Å²) in [7, 11) is 0. The van der Waals surface area contributed by atoms with Gasteiger partial charge in [0.2, 0.25) is 0 Å². The summed E-state index contributed by atoms with van der Waals surface area (Å²) in [5, 5.41) is 0. The first-order valence-corrected chi connectivity index (χ1v) is 14.1. The van der Waals surface area contributed by atoms with Gasteiger partial charge in [-0.2, -0.15) is 0 Å². The topological polar surface area (TPSA) is 52.0 Å². The van der Waals surface area contributed by atoms with Crippen LogP contribution in [-0.4, -0.2) is 0 Å². The fraction of sp³-hybridized carbons (Fsp3) is 0.0769. The van der Waals surface area contributed by atoms with Crippen LogP contribution in [0.4, 0.5) is 0 Å². The van der Waals surface area contributed by atoms with Crippen LogP contribution < -0.4 is 11.5 Å². The highest BCUT2D eigenvalue weighted by Crippen LogP contribution is 2.36. The lowest BCUT2D eigenvalue weighted by Gasteiger charge is -2.32. The number of hydrogen-bond acceptors (Lipinski definition) is 2. The minimum atomic E-state index is -0.734. The van der Waals surface area contributed by atoms with Crippen LogP contribution in [0.15, 0.2) is 170 Å². The summed E-state index contributed by atoms with van der Waals surface area (Å²) in [5.74, 6) is 0. The Hall–Kier alpha value is -4.76. The number of nitrogens with two attached hydrogens (primary N) is 2. The first-order chi connectivity index (χ1) is 20.1. The van der Waals surface area contributed by atoms with E-state index in [-0.39, 0.29) is 0 Å². The molecule has 6 aromatic rings. The molecule has 0 atom stereocenters. The summed E-state index contributed by atoms with van der Waals surface area (Å²) in [6, 6.07) is 58.7. The van der Waals surface area contributed by atoms with E-state index in [1.54, 1.807) is 0 Å². The number of rotatable bonds is 8. The molecule has 0 saturated carbocycles. The van der Waals surface area contributed by atoms with Crippen molar-refractivity contribution in [2.24, 2.45) is 11.5 Å². The monoisotopic (exact) mass is 530 g/mol. The lowest BCUT2D eigenvalue weighted by molar-refractivity contribution is 0.652. The molecular weight excluding hydrogens is 496 g/mol. The van der Waals surface area contributed by atoms with Crippen molar-refractivity contribution in [3.63, 3.8) is 0 Å². The average molecular weight is 531 g/mol. The third-order valence-corrected chi connectivity index (χ3v) is 8.14. The molecule has 0 aliphatic heterocycles. The maximum absolute atomic E-state index is 7.21. The molecule has 2 nitrogen and oxygen atoms in total. The molecule has 0 amide bonds. The number of hydrogen-bond donors (Lipinski definition) is 2. The Morgan fingerprint density at radius 2 is 0.512 bits per heavy atom. The summed E-state index contributed by atoms with van der Waals surface area (Å²) in [4.78, 5) is 0. The van der Waals surface area contributed by atoms with Gasteiger partial charge in [-0.1, -0.05) is 170 Å². The average Bonchev–Trinajstić information content (AvgIpc) is 3.06. The minimum Gasteiger partial charge on any atom is -0.314 e. The summed E-state index contributed by atoms with van der Waals surface area (Å²) in [5.41, 5.74) is 21.8. The first kappa shape index (κ1) is 26.5. The van der Waals surface area contributed by atoms with Crippen molar-refractivity contribution in [2.45, 2.75) is 17.5 Å². The zero-order valence-corrected chi connectivity index (χ0v) is 23.0. The molecule has 6 aromatic carbocycles. The largest absolute Gasteiger partial charge is 0.314 e. The van der Waals surface area contributed by atoms with Crippen LogP contribution in [0.1, 0.15) is 44.5 Å². The van der Waals surface area contributed by atoms with Gasteiger partial charge in [-0.25, -0.2) is 0 Å². The molecule has 0 heterocycles. The third kappa shape index (κ3) is 5.12. The Morgan fingerprint density at radius 3 is 0.756 bits per heavy atom. The van der Waals surface area contributed by atoms with Crippen LogP contribution >= 0.6 is 0 Å². The fourth-order valence-corrected chi connectivity index (χ4v) is 5.81. The van der Waals surface area contributed by atoms with Crippen molar-refractivity contribution < 1.29 is 0 Å². The van der Waals surface area contributed by atoms with Crippen LogP contribution in [0, 0.1) is 0 Å². The van der Waals surface area contributed by atoms with Gasteiger partial charge in [0.15, 0.2) is 0 Å². The van der Waals surface area contributed by atoms with E-state index < -0.39 is 11.1 Å². The van der Waals surface area contributed by atoms with Crippen LogP contribution in [0.5, 0.6) is 0 Å².